The molecule has 8 nitrogen and oxygen atoms in total. The minimum absolute atomic E-state index is 0.0276. The first-order valence-corrected chi connectivity index (χ1v) is 13.1. The van der Waals surface area contributed by atoms with Gasteiger partial charge in [-0.3, -0.25) is 14.6 Å². The highest BCUT2D eigenvalue weighted by Gasteiger charge is 2.22. The van der Waals surface area contributed by atoms with Gasteiger partial charge in [0.2, 0.25) is 0 Å². The molecule has 6 rings (SSSR count). The predicted octanol–water partition coefficient (Wildman–Crippen LogP) is 3.61. The molecule has 0 unspecified atom stereocenters. The molecule has 2 saturated heterocycles. The van der Waals surface area contributed by atoms with Crippen LogP contribution in [0.3, 0.4) is 0 Å². The van der Waals surface area contributed by atoms with E-state index in [4.69, 9.17) is 4.74 Å². The number of rotatable bonds is 5. The van der Waals surface area contributed by atoms with Crippen molar-refractivity contribution < 1.29 is 14.3 Å². The van der Waals surface area contributed by atoms with Crippen LogP contribution in [-0.2, 0) is 11.2 Å². The van der Waals surface area contributed by atoms with Gasteiger partial charge in [-0.25, -0.2) is 0 Å². The Labute approximate surface area is 216 Å². The molecule has 3 aromatic rings. The van der Waals surface area contributed by atoms with Crippen LogP contribution >= 0.6 is 0 Å². The quantitative estimate of drug-likeness (QED) is 0.562. The third-order valence-corrected chi connectivity index (χ3v) is 7.35. The Morgan fingerprint density at radius 1 is 1.00 bits per heavy atom. The number of morpholine rings is 1. The van der Waals surface area contributed by atoms with E-state index in [2.05, 4.69) is 26.3 Å². The SMILES string of the molecule is O=C1NCCc2[nH]c(-c3ccnc(/C=C/c4ccc(C(=O)N5CCCC5)cc4N4CCOCC4)c3)cc21. The number of hydrogen-bond donors (Lipinski definition) is 2. The van der Waals surface area contributed by atoms with Crippen molar-refractivity contribution in [3.05, 3.63) is 70.7 Å². The summed E-state index contributed by atoms with van der Waals surface area (Å²) in [7, 11) is 0. The molecule has 2 N–H and O–H groups in total. The van der Waals surface area contributed by atoms with Crippen LogP contribution in [-0.4, -0.2) is 72.6 Å². The Kier molecular flexibility index (Phi) is 6.49. The normalized spacial score (nSPS) is 17.8. The topological polar surface area (TPSA) is 90.6 Å². The molecule has 37 heavy (non-hydrogen) atoms. The third-order valence-electron chi connectivity index (χ3n) is 7.35. The monoisotopic (exact) mass is 497 g/mol. The minimum Gasteiger partial charge on any atom is -0.378 e. The van der Waals surface area contributed by atoms with Gasteiger partial charge in [-0.15, -0.1) is 0 Å². The molecule has 190 valence electrons. The number of fused-ring (bicyclic) bond motifs is 1. The van der Waals surface area contributed by atoms with Gasteiger partial charge in [-0.2, -0.15) is 0 Å². The Balaban J connectivity index is 1.28. The number of carbonyl (C=O) groups is 2. The summed E-state index contributed by atoms with van der Waals surface area (Å²) < 4.78 is 5.57. The van der Waals surface area contributed by atoms with Crippen molar-refractivity contribution in [3.8, 4) is 11.3 Å². The van der Waals surface area contributed by atoms with E-state index in [-0.39, 0.29) is 11.8 Å². The average Bonchev–Trinajstić information content (AvgIpc) is 3.64. The van der Waals surface area contributed by atoms with Crippen LogP contribution in [0.4, 0.5) is 5.69 Å². The van der Waals surface area contributed by atoms with Crippen LogP contribution < -0.4 is 10.2 Å². The van der Waals surface area contributed by atoms with Gasteiger partial charge in [0.15, 0.2) is 0 Å². The smallest absolute Gasteiger partial charge is 0.253 e. The fourth-order valence-electron chi connectivity index (χ4n) is 5.33. The number of benzene rings is 1. The maximum Gasteiger partial charge on any atom is 0.253 e. The van der Waals surface area contributed by atoms with E-state index in [1.54, 1.807) is 6.20 Å². The van der Waals surface area contributed by atoms with Gasteiger partial charge in [-0.1, -0.05) is 12.1 Å². The van der Waals surface area contributed by atoms with Crippen LogP contribution in [0.5, 0.6) is 0 Å². The van der Waals surface area contributed by atoms with E-state index >= 15 is 0 Å². The second kappa shape index (κ2) is 10.2. The number of pyridine rings is 1. The number of hydrogen-bond acceptors (Lipinski definition) is 5. The highest BCUT2D eigenvalue weighted by atomic mass is 16.5. The van der Waals surface area contributed by atoms with Crippen molar-refractivity contribution in [2.45, 2.75) is 19.3 Å². The van der Waals surface area contributed by atoms with E-state index in [1.807, 2.05) is 47.4 Å². The van der Waals surface area contributed by atoms with Gasteiger partial charge < -0.3 is 24.8 Å². The molecule has 8 heteroatoms. The molecule has 0 radical (unpaired) electrons. The molecule has 0 atom stereocenters. The Morgan fingerprint density at radius 3 is 2.65 bits per heavy atom. The lowest BCUT2D eigenvalue weighted by atomic mass is 10.0. The summed E-state index contributed by atoms with van der Waals surface area (Å²) in [5, 5.41) is 2.89. The Morgan fingerprint density at radius 2 is 1.84 bits per heavy atom. The molecule has 2 fully saturated rings. The predicted molar refractivity (Wildman–Crippen MR) is 144 cm³/mol. The maximum absolute atomic E-state index is 13.1. The summed E-state index contributed by atoms with van der Waals surface area (Å²) in [6.07, 6.45) is 8.81. The average molecular weight is 498 g/mol. The second-order valence-electron chi connectivity index (χ2n) is 9.76. The molecule has 0 bridgehead atoms. The van der Waals surface area contributed by atoms with Gasteiger partial charge in [0.1, 0.15) is 0 Å². The Hall–Kier alpha value is -3.91. The van der Waals surface area contributed by atoms with Gasteiger partial charge in [0.25, 0.3) is 11.8 Å². The van der Waals surface area contributed by atoms with Crippen LogP contribution in [0.15, 0.2) is 42.6 Å². The molecule has 0 saturated carbocycles. The number of likely N-dealkylation sites (tertiary alicyclic amines) is 1. The number of nitrogens with zero attached hydrogens (tertiary/aromatic N) is 3. The molecule has 3 aliphatic rings. The number of aromatic nitrogens is 2. The first-order chi connectivity index (χ1) is 18.2. The van der Waals surface area contributed by atoms with Crippen LogP contribution in [0.1, 0.15) is 50.5 Å². The largest absolute Gasteiger partial charge is 0.378 e. The number of aromatic amines is 1. The summed E-state index contributed by atoms with van der Waals surface area (Å²) in [5.74, 6) is 0.0828. The van der Waals surface area contributed by atoms with Gasteiger partial charge in [-0.05, 0) is 54.8 Å². The molecule has 2 amide bonds. The maximum atomic E-state index is 13.1. The first kappa shape index (κ1) is 23.5. The molecular formula is C29H31N5O3. The van der Waals surface area contributed by atoms with Crippen molar-refractivity contribution in [1.82, 2.24) is 20.2 Å². The minimum atomic E-state index is -0.0276. The molecule has 2 aromatic heterocycles. The zero-order chi connectivity index (χ0) is 25.2. The Bertz CT molecular complexity index is 1350. The van der Waals surface area contributed by atoms with Crippen molar-refractivity contribution >= 4 is 29.7 Å². The summed E-state index contributed by atoms with van der Waals surface area (Å²) in [6.45, 7) is 5.27. The lowest BCUT2D eigenvalue weighted by molar-refractivity contribution is 0.0792. The van der Waals surface area contributed by atoms with Crippen molar-refractivity contribution in [3.63, 3.8) is 0 Å². The lowest BCUT2D eigenvalue weighted by Crippen LogP contribution is -2.37. The summed E-state index contributed by atoms with van der Waals surface area (Å²) in [6, 6.07) is 11.9. The number of amides is 2. The number of anilines is 1. The highest BCUT2D eigenvalue weighted by Crippen LogP contribution is 2.28. The number of H-pyrrole nitrogens is 1. The molecule has 1 aromatic carbocycles. The van der Waals surface area contributed by atoms with E-state index in [0.29, 0.717) is 25.3 Å². The molecule has 0 aliphatic carbocycles. The molecular weight excluding hydrogens is 466 g/mol. The van der Waals surface area contributed by atoms with Crippen LogP contribution in [0.2, 0.25) is 0 Å². The zero-order valence-corrected chi connectivity index (χ0v) is 20.8. The van der Waals surface area contributed by atoms with Crippen LogP contribution in [0, 0.1) is 0 Å². The van der Waals surface area contributed by atoms with Crippen LogP contribution in [0.25, 0.3) is 23.4 Å². The second-order valence-corrected chi connectivity index (χ2v) is 9.76. The number of ether oxygens (including phenoxy) is 1. The first-order valence-electron chi connectivity index (χ1n) is 13.1. The van der Waals surface area contributed by atoms with Gasteiger partial charge >= 0.3 is 0 Å². The van der Waals surface area contributed by atoms with E-state index < -0.39 is 0 Å². The third kappa shape index (κ3) is 4.89. The van der Waals surface area contributed by atoms with Gasteiger partial charge in [0.05, 0.1) is 24.5 Å². The fourth-order valence-corrected chi connectivity index (χ4v) is 5.33. The zero-order valence-electron chi connectivity index (χ0n) is 20.8. The van der Waals surface area contributed by atoms with Crippen molar-refractivity contribution in [1.29, 1.82) is 0 Å². The number of nitrogens with one attached hydrogen (secondary N) is 2. The lowest BCUT2D eigenvalue weighted by Gasteiger charge is -2.30. The van der Waals surface area contributed by atoms with E-state index in [9.17, 15) is 9.59 Å². The molecule has 0 spiro atoms. The standard InChI is InChI=1S/C29H31N5O3/c35-28-24-19-26(32-25(24)8-10-31-28)21-7-9-30-23(17-21)6-5-20-3-4-22(29(36)34-11-1-2-12-34)18-27(20)33-13-15-37-16-14-33/h3-7,9,17-19,32H,1-2,8,10-16H2,(H,31,35)/b6-5+. The van der Waals surface area contributed by atoms with Crippen molar-refractivity contribution in [2.24, 2.45) is 0 Å². The highest BCUT2D eigenvalue weighted by molar-refractivity contribution is 5.98. The fraction of sp³-hybridized carbons (Fsp3) is 0.345. The summed E-state index contributed by atoms with van der Waals surface area (Å²) >= 11 is 0. The molecule has 5 heterocycles. The van der Waals surface area contributed by atoms with Crippen molar-refractivity contribution in [2.75, 3.05) is 50.8 Å². The van der Waals surface area contributed by atoms with E-state index in [0.717, 1.165) is 84.9 Å². The van der Waals surface area contributed by atoms with E-state index in [1.165, 1.54) is 0 Å². The summed E-state index contributed by atoms with van der Waals surface area (Å²) in [5.41, 5.74) is 7.23. The van der Waals surface area contributed by atoms with Gasteiger partial charge in [0, 0.05) is 73.5 Å². The molecule has 3 aliphatic heterocycles. The number of carbonyl (C=O) groups excluding carboxylic acids is 2. The summed E-state index contributed by atoms with van der Waals surface area (Å²) in [4.78, 5) is 37.4.